The number of ether oxygens (including phenoxy) is 2. The standard InChI is InChI=1S/C15H18N4O3/c1-21-10-9-16-13-7-8-17-15(19-13)18-12-6-4-3-5-11(12)14(20)22-2/h3-8H,9-10H2,1-2H3,(H2,16,17,18,19). The molecule has 0 aliphatic heterocycles. The van der Waals surface area contributed by atoms with Crippen LogP contribution >= 0.6 is 0 Å². The van der Waals surface area contributed by atoms with Crippen LogP contribution in [0.4, 0.5) is 17.5 Å². The second kappa shape index (κ2) is 7.94. The van der Waals surface area contributed by atoms with Crippen molar-refractivity contribution in [3.05, 3.63) is 42.1 Å². The smallest absolute Gasteiger partial charge is 0.339 e. The van der Waals surface area contributed by atoms with E-state index in [1.165, 1.54) is 7.11 Å². The first kappa shape index (κ1) is 15.7. The van der Waals surface area contributed by atoms with Crippen molar-refractivity contribution in [2.45, 2.75) is 0 Å². The molecular weight excluding hydrogens is 284 g/mol. The van der Waals surface area contributed by atoms with E-state index in [-0.39, 0.29) is 0 Å². The highest BCUT2D eigenvalue weighted by Crippen LogP contribution is 2.19. The number of carbonyl (C=O) groups is 1. The van der Waals surface area contributed by atoms with E-state index >= 15 is 0 Å². The third-order valence-electron chi connectivity index (χ3n) is 2.85. The van der Waals surface area contributed by atoms with E-state index in [0.717, 1.165) is 0 Å². The zero-order chi connectivity index (χ0) is 15.8. The van der Waals surface area contributed by atoms with Crippen LogP contribution < -0.4 is 10.6 Å². The van der Waals surface area contributed by atoms with E-state index in [1.807, 2.05) is 6.07 Å². The van der Waals surface area contributed by atoms with Crippen LogP contribution in [0.25, 0.3) is 0 Å². The minimum Gasteiger partial charge on any atom is -0.465 e. The van der Waals surface area contributed by atoms with Gasteiger partial charge in [0.05, 0.1) is 25.0 Å². The van der Waals surface area contributed by atoms with Gasteiger partial charge in [-0.2, -0.15) is 4.98 Å². The molecule has 0 aliphatic rings. The van der Waals surface area contributed by atoms with Gasteiger partial charge in [0, 0.05) is 19.9 Å². The Morgan fingerprint density at radius 3 is 2.82 bits per heavy atom. The largest absolute Gasteiger partial charge is 0.465 e. The van der Waals surface area contributed by atoms with Crippen LogP contribution in [0, 0.1) is 0 Å². The number of hydrogen-bond acceptors (Lipinski definition) is 7. The maximum atomic E-state index is 11.7. The Bertz CT molecular complexity index is 634. The fourth-order valence-corrected chi connectivity index (χ4v) is 1.80. The number of esters is 1. The summed E-state index contributed by atoms with van der Waals surface area (Å²) in [6, 6.07) is 8.78. The molecule has 0 bridgehead atoms. The number of rotatable bonds is 7. The molecule has 2 N–H and O–H groups in total. The van der Waals surface area contributed by atoms with Crippen molar-refractivity contribution < 1.29 is 14.3 Å². The van der Waals surface area contributed by atoms with Crippen LogP contribution in [-0.2, 0) is 9.47 Å². The number of aromatic nitrogens is 2. The van der Waals surface area contributed by atoms with Crippen LogP contribution in [0.3, 0.4) is 0 Å². The number of nitrogens with one attached hydrogen (secondary N) is 2. The third-order valence-corrected chi connectivity index (χ3v) is 2.85. The molecule has 7 nitrogen and oxygen atoms in total. The Labute approximate surface area is 128 Å². The molecular formula is C15H18N4O3. The van der Waals surface area contributed by atoms with Crippen LogP contribution in [0.15, 0.2) is 36.5 Å². The summed E-state index contributed by atoms with van der Waals surface area (Å²) in [6.07, 6.45) is 1.63. The maximum Gasteiger partial charge on any atom is 0.339 e. The highest BCUT2D eigenvalue weighted by atomic mass is 16.5. The predicted molar refractivity (Wildman–Crippen MR) is 83.5 cm³/mol. The van der Waals surface area contributed by atoms with Gasteiger partial charge in [-0.3, -0.25) is 0 Å². The first-order chi connectivity index (χ1) is 10.7. The molecule has 0 saturated heterocycles. The van der Waals surface area contributed by atoms with Crippen molar-refractivity contribution >= 4 is 23.4 Å². The van der Waals surface area contributed by atoms with E-state index in [4.69, 9.17) is 9.47 Å². The van der Waals surface area contributed by atoms with Gasteiger partial charge in [0.1, 0.15) is 5.82 Å². The summed E-state index contributed by atoms with van der Waals surface area (Å²) in [4.78, 5) is 20.2. The summed E-state index contributed by atoms with van der Waals surface area (Å²) in [6.45, 7) is 1.23. The summed E-state index contributed by atoms with van der Waals surface area (Å²) in [5.74, 6) is 0.640. The quantitative estimate of drug-likeness (QED) is 0.598. The molecule has 0 saturated carbocycles. The molecule has 1 heterocycles. The van der Waals surface area contributed by atoms with Gasteiger partial charge in [-0.1, -0.05) is 12.1 Å². The zero-order valence-corrected chi connectivity index (χ0v) is 12.5. The molecule has 7 heteroatoms. The number of carbonyl (C=O) groups excluding carboxylic acids is 1. The van der Waals surface area contributed by atoms with Gasteiger partial charge in [0.15, 0.2) is 0 Å². The van der Waals surface area contributed by atoms with Crippen molar-refractivity contribution in [1.29, 1.82) is 0 Å². The van der Waals surface area contributed by atoms with Crippen LogP contribution in [0.5, 0.6) is 0 Å². The fourth-order valence-electron chi connectivity index (χ4n) is 1.80. The summed E-state index contributed by atoms with van der Waals surface area (Å²) in [5, 5.41) is 6.14. The molecule has 22 heavy (non-hydrogen) atoms. The Morgan fingerprint density at radius 2 is 2.05 bits per heavy atom. The highest BCUT2D eigenvalue weighted by Gasteiger charge is 2.11. The minimum atomic E-state index is -0.419. The number of para-hydroxylation sites is 1. The normalized spacial score (nSPS) is 10.1. The maximum absolute atomic E-state index is 11.7. The lowest BCUT2D eigenvalue weighted by Crippen LogP contribution is -2.10. The topological polar surface area (TPSA) is 85.4 Å². The van der Waals surface area contributed by atoms with Crippen LogP contribution in [0.2, 0.25) is 0 Å². The van der Waals surface area contributed by atoms with Crippen molar-refractivity contribution in [3.8, 4) is 0 Å². The monoisotopic (exact) mass is 302 g/mol. The van der Waals surface area contributed by atoms with E-state index in [1.54, 1.807) is 37.6 Å². The number of anilines is 3. The average molecular weight is 302 g/mol. The Morgan fingerprint density at radius 1 is 1.23 bits per heavy atom. The van der Waals surface area contributed by atoms with Gasteiger partial charge >= 0.3 is 5.97 Å². The van der Waals surface area contributed by atoms with Gasteiger partial charge in [-0.05, 0) is 18.2 Å². The fraction of sp³-hybridized carbons (Fsp3) is 0.267. The molecule has 0 amide bonds. The van der Waals surface area contributed by atoms with Gasteiger partial charge in [0.2, 0.25) is 5.95 Å². The third kappa shape index (κ3) is 4.16. The van der Waals surface area contributed by atoms with E-state index in [2.05, 4.69) is 20.6 Å². The number of benzene rings is 1. The lowest BCUT2D eigenvalue weighted by molar-refractivity contribution is 0.0602. The number of nitrogens with zero attached hydrogens (tertiary/aromatic N) is 2. The van der Waals surface area contributed by atoms with Gasteiger partial charge in [-0.15, -0.1) is 0 Å². The lowest BCUT2D eigenvalue weighted by atomic mass is 10.2. The number of hydrogen-bond donors (Lipinski definition) is 2. The number of methoxy groups -OCH3 is 2. The summed E-state index contributed by atoms with van der Waals surface area (Å²) < 4.78 is 9.73. The highest BCUT2D eigenvalue weighted by molar-refractivity contribution is 5.96. The van der Waals surface area contributed by atoms with Crippen LogP contribution in [-0.4, -0.2) is 43.3 Å². The zero-order valence-electron chi connectivity index (χ0n) is 12.5. The van der Waals surface area contributed by atoms with Gasteiger partial charge < -0.3 is 20.1 Å². The Hall–Kier alpha value is -2.67. The van der Waals surface area contributed by atoms with E-state index in [0.29, 0.717) is 36.2 Å². The van der Waals surface area contributed by atoms with Crippen molar-refractivity contribution in [3.63, 3.8) is 0 Å². The molecule has 0 fully saturated rings. The molecule has 1 aromatic heterocycles. The van der Waals surface area contributed by atoms with Crippen molar-refractivity contribution in [2.24, 2.45) is 0 Å². The van der Waals surface area contributed by atoms with Crippen molar-refractivity contribution in [2.75, 3.05) is 38.0 Å². The SMILES string of the molecule is COCCNc1ccnc(Nc2ccccc2C(=O)OC)n1. The molecule has 2 aromatic rings. The molecule has 0 radical (unpaired) electrons. The molecule has 2 rings (SSSR count). The first-order valence-corrected chi connectivity index (χ1v) is 6.75. The Kier molecular flexibility index (Phi) is 5.67. The predicted octanol–water partition coefficient (Wildman–Crippen LogP) is 2.07. The van der Waals surface area contributed by atoms with Crippen molar-refractivity contribution in [1.82, 2.24) is 9.97 Å². The van der Waals surface area contributed by atoms with Crippen LogP contribution in [0.1, 0.15) is 10.4 Å². The Balaban J connectivity index is 2.14. The summed E-state index contributed by atoms with van der Waals surface area (Å²) in [5.41, 5.74) is 1.01. The molecule has 0 aliphatic carbocycles. The van der Waals surface area contributed by atoms with E-state index < -0.39 is 5.97 Å². The summed E-state index contributed by atoms with van der Waals surface area (Å²) >= 11 is 0. The molecule has 1 aromatic carbocycles. The molecule has 0 spiro atoms. The second-order valence-electron chi connectivity index (χ2n) is 4.35. The average Bonchev–Trinajstić information content (AvgIpc) is 2.55. The molecule has 0 unspecified atom stereocenters. The first-order valence-electron chi connectivity index (χ1n) is 6.75. The lowest BCUT2D eigenvalue weighted by Gasteiger charge is -2.10. The second-order valence-corrected chi connectivity index (χ2v) is 4.35. The molecule has 116 valence electrons. The molecule has 0 atom stereocenters. The minimum absolute atomic E-state index is 0.388. The van der Waals surface area contributed by atoms with E-state index in [9.17, 15) is 4.79 Å². The summed E-state index contributed by atoms with van der Waals surface area (Å²) in [7, 11) is 2.98. The van der Waals surface area contributed by atoms with Gasteiger partial charge in [0.25, 0.3) is 0 Å². The van der Waals surface area contributed by atoms with Gasteiger partial charge in [-0.25, -0.2) is 9.78 Å².